The Morgan fingerprint density at radius 2 is 2.00 bits per heavy atom. The highest BCUT2D eigenvalue weighted by Crippen LogP contribution is 2.12. The third-order valence-corrected chi connectivity index (χ3v) is 2.83. The number of halogens is 1. The molecular weight excluding hydrogens is 286 g/mol. The van der Waals surface area contributed by atoms with Crippen molar-refractivity contribution in [3.63, 3.8) is 0 Å². The number of benzene rings is 1. The second-order valence-corrected chi connectivity index (χ2v) is 4.99. The predicted molar refractivity (Wildman–Crippen MR) is 68.7 cm³/mol. The van der Waals surface area contributed by atoms with Gasteiger partial charge in [0, 0.05) is 17.6 Å². The molecule has 5 heteroatoms. The fourth-order valence-electron chi connectivity index (χ4n) is 1.59. The first-order valence-electron chi connectivity index (χ1n) is 5.30. The molecule has 0 heterocycles. The Bertz CT molecular complexity index is 367. The molecule has 0 saturated heterocycles. The second kappa shape index (κ2) is 6.74. The Hall–Kier alpha value is -0.910. The lowest BCUT2D eigenvalue weighted by Crippen LogP contribution is -2.30. The van der Waals surface area contributed by atoms with Crippen molar-refractivity contribution in [1.29, 1.82) is 0 Å². The van der Waals surface area contributed by atoms with Crippen molar-refractivity contribution in [2.75, 3.05) is 13.6 Å². The first-order chi connectivity index (χ1) is 7.97. The van der Waals surface area contributed by atoms with Gasteiger partial charge in [0.1, 0.15) is 0 Å². The Kier molecular flexibility index (Phi) is 5.61. The maximum Gasteiger partial charge on any atom is 0.306 e. The van der Waals surface area contributed by atoms with Gasteiger partial charge in [0.05, 0.1) is 12.5 Å². The van der Waals surface area contributed by atoms with Gasteiger partial charge >= 0.3 is 5.97 Å². The molecular formula is C12H16BrNO3. The van der Waals surface area contributed by atoms with E-state index >= 15 is 0 Å². The molecule has 0 spiro atoms. The molecule has 1 unspecified atom stereocenters. The quantitative estimate of drug-likeness (QED) is 0.840. The summed E-state index contributed by atoms with van der Waals surface area (Å²) in [5.74, 6) is -0.977. The van der Waals surface area contributed by atoms with Gasteiger partial charge in [0.15, 0.2) is 0 Å². The fourth-order valence-corrected chi connectivity index (χ4v) is 1.86. The monoisotopic (exact) mass is 301 g/mol. The molecule has 1 aromatic carbocycles. The van der Waals surface area contributed by atoms with E-state index in [2.05, 4.69) is 15.9 Å². The minimum atomic E-state index is -0.977. The lowest BCUT2D eigenvalue weighted by molar-refractivity contribution is -0.139. The van der Waals surface area contributed by atoms with Crippen LogP contribution >= 0.6 is 15.9 Å². The van der Waals surface area contributed by atoms with Gasteiger partial charge in [-0.3, -0.25) is 9.69 Å². The minimum absolute atomic E-state index is 0.218. The summed E-state index contributed by atoms with van der Waals surface area (Å²) in [6.45, 7) is 1.03. The van der Waals surface area contributed by atoms with Gasteiger partial charge in [-0.05, 0) is 24.7 Å². The van der Waals surface area contributed by atoms with E-state index < -0.39 is 12.1 Å². The Morgan fingerprint density at radius 3 is 2.53 bits per heavy atom. The predicted octanol–water partition coefficient (Wildman–Crippen LogP) is 1.72. The van der Waals surface area contributed by atoms with Crippen LogP contribution in [-0.4, -0.2) is 40.8 Å². The first-order valence-corrected chi connectivity index (χ1v) is 6.09. The number of likely N-dealkylation sites (N-methyl/N-ethyl adjacent to an activating group) is 1. The molecule has 4 nitrogen and oxygen atoms in total. The molecule has 0 saturated carbocycles. The Labute approximate surface area is 109 Å². The molecule has 1 atom stereocenters. The van der Waals surface area contributed by atoms with E-state index in [0.717, 1.165) is 10.0 Å². The molecule has 0 aliphatic rings. The van der Waals surface area contributed by atoms with E-state index in [1.807, 2.05) is 36.2 Å². The van der Waals surface area contributed by atoms with Gasteiger partial charge in [0.2, 0.25) is 0 Å². The number of aliphatic hydroxyl groups is 1. The molecule has 0 bridgehead atoms. The molecule has 0 aromatic heterocycles. The summed E-state index contributed by atoms with van der Waals surface area (Å²) in [5, 5.41) is 18.0. The number of carboxylic acid groups (broad SMARTS) is 1. The molecule has 0 radical (unpaired) electrons. The smallest absolute Gasteiger partial charge is 0.306 e. The summed E-state index contributed by atoms with van der Waals surface area (Å²) in [7, 11) is 1.85. The third-order valence-electron chi connectivity index (χ3n) is 2.30. The van der Waals surface area contributed by atoms with Gasteiger partial charge in [-0.2, -0.15) is 0 Å². The highest BCUT2D eigenvalue weighted by molar-refractivity contribution is 9.10. The lowest BCUT2D eigenvalue weighted by atomic mass is 10.2. The zero-order chi connectivity index (χ0) is 12.8. The van der Waals surface area contributed by atoms with Crippen molar-refractivity contribution in [2.24, 2.45) is 0 Å². The number of carbonyl (C=O) groups is 1. The van der Waals surface area contributed by atoms with Crippen molar-refractivity contribution in [1.82, 2.24) is 4.90 Å². The SMILES string of the molecule is CN(Cc1ccc(Br)cc1)CC(O)CC(=O)O. The van der Waals surface area contributed by atoms with E-state index in [1.165, 1.54) is 0 Å². The summed E-state index contributed by atoms with van der Waals surface area (Å²) >= 11 is 3.36. The van der Waals surface area contributed by atoms with E-state index in [-0.39, 0.29) is 6.42 Å². The molecule has 94 valence electrons. The fraction of sp³-hybridized carbons (Fsp3) is 0.417. The van der Waals surface area contributed by atoms with Gasteiger partial charge in [-0.15, -0.1) is 0 Å². The zero-order valence-corrected chi connectivity index (χ0v) is 11.2. The number of hydrogen-bond donors (Lipinski definition) is 2. The molecule has 17 heavy (non-hydrogen) atoms. The minimum Gasteiger partial charge on any atom is -0.481 e. The number of nitrogens with zero attached hydrogens (tertiary/aromatic N) is 1. The highest BCUT2D eigenvalue weighted by atomic mass is 79.9. The zero-order valence-electron chi connectivity index (χ0n) is 9.64. The van der Waals surface area contributed by atoms with Crippen molar-refractivity contribution < 1.29 is 15.0 Å². The molecule has 0 aliphatic heterocycles. The van der Waals surface area contributed by atoms with E-state index in [9.17, 15) is 9.90 Å². The Morgan fingerprint density at radius 1 is 1.41 bits per heavy atom. The van der Waals surface area contributed by atoms with Crippen LogP contribution in [0.5, 0.6) is 0 Å². The van der Waals surface area contributed by atoms with Crippen LogP contribution in [-0.2, 0) is 11.3 Å². The van der Waals surface area contributed by atoms with Crippen molar-refractivity contribution >= 4 is 21.9 Å². The number of aliphatic carboxylic acids is 1. The Balaban J connectivity index is 2.41. The van der Waals surface area contributed by atoms with Gasteiger partial charge < -0.3 is 10.2 Å². The van der Waals surface area contributed by atoms with Crippen LogP contribution in [0.25, 0.3) is 0 Å². The maximum atomic E-state index is 10.4. The van der Waals surface area contributed by atoms with Crippen molar-refractivity contribution in [2.45, 2.75) is 19.1 Å². The molecule has 0 aliphatic carbocycles. The van der Waals surface area contributed by atoms with Crippen LogP contribution in [0.4, 0.5) is 0 Å². The number of hydrogen-bond acceptors (Lipinski definition) is 3. The highest BCUT2D eigenvalue weighted by Gasteiger charge is 2.12. The van der Waals surface area contributed by atoms with Crippen molar-refractivity contribution in [3.8, 4) is 0 Å². The van der Waals surface area contributed by atoms with Crippen LogP contribution in [0, 0.1) is 0 Å². The standard InChI is InChI=1S/C12H16BrNO3/c1-14(8-11(15)6-12(16)17)7-9-2-4-10(13)5-3-9/h2-5,11,15H,6-8H2,1H3,(H,16,17). The van der Waals surface area contributed by atoms with Crippen LogP contribution in [0.2, 0.25) is 0 Å². The second-order valence-electron chi connectivity index (χ2n) is 4.07. The van der Waals surface area contributed by atoms with Gasteiger partial charge in [0.25, 0.3) is 0 Å². The summed E-state index contributed by atoms with van der Waals surface area (Å²) < 4.78 is 1.02. The summed E-state index contributed by atoms with van der Waals surface area (Å²) in [4.78, 5) is 12.3. The van der Waals surface area contributed by atoms with Crippen LogP contribution in [0.1, 0.15) is 12.0 Å². The van der Waals surface area contributed by atoms with Crippen molar-refractivity contribution in [3.05, 3.63) is 34.3 Å². The first kappa shape index (κ1) is 14.2. The molecule has 1 aromatic rings. The molecule has 2 N–H and O–H groups in total. The van der Waals surface area contributed by atoms with Gasteiger partial charge in [-0.25, -0.2) is 0 Å². The molecule has 0 amide bonds. The summed E-state index contributed by atoms with van der Waals surface area (Å²) in [6.07, 6.45) is -1.04. The van der Waals surface area contributed by atoms with Crippen LogP contribution in [0.15, 0.2) is 28.7 Å². The van der Waals surface area contributed by atoms with E-state index in [1.54, 1.807) is 0 Å². The van der Waals surface area contributed by atoms with Gasteiger partial charge in [-0.1, -0.05) is 28.1 Å². The average Bonchev–Trinajstić information content (AvgIpc) is 2.19. The van der Waals surface area contributed by atoms with E-state index in [4.69, 9.17) is 5.11 Å². The normalized spacial score (nSPS) is 12.7. The average molecular weight is 302 g/mol. The lowest BCUT2D eigenvalue weighted by Gasteiger charge is -2.19. The number of carboxylic acids is 1. The molecule has 0 fully saturated rings. The maximum absolute atomic E-state index is 10.4. The molecule has 1 rings (SSSR count). The number of rotatable bonds is 6. The number of aliphatic hydroxyl groups excluding tert-OH is 1. The van der Waals surface area contributed by atoms with Crippen LogP contribution < -0.4 is 0 Å². The topological polar surface area (TPSA) is 60.8 Å². The van der Waals surface area contributed by atoms with Crippen LogP contribution in [0.3, 0.4) is 0 Å². The largest absolute Gasteiger partial charge is 0.481 e. The summed E-state index contributed by atoms with van der Waals surface area (Å²) in [5.41, 5.74) is 1.12. The van der Waals surface area contributed by atoms with E-state index in [0.29, 0.717) is 13.1 Å². The summed E-state index contributed by atoms with van der Waals surface area (Å²) in [6, 6.07) is 7.89. The third kappa shape index (κ3) is 5.81.